The van der Waals surface area contributed by atoms with Crippen molar-refractivity contribution in [2.45, 2.75) is 32.9 Å². The van der Waals surface area contributed by atoms with Gasteiger partial charge in [0.1, 0.15) is 17.6 Å². The Labute approximate surface area is 130 Å². The van der Waals surface area contributed by atoms with E-state index in [1.54, 1.807) is 12.0 Å². The minimum absolute atomic E-state index is 0.107. The van der Waals surface area contributed by atoms with Gasteiger partial charge in [0.2, 0.25) is 0 Å². The van der Waals surface area contributed by atoms with Crippen LogP contribution < -0.4 is 4.74 Å². The zero-order chi connectivity index (χ0) is 16.3. The molecule has 0 bridgehead atoms. The number of nitriles is 1. The van der Waals surface area contributed by atoms with E-state index in [0.29, 0.717) is 24.6 Å². The summed E-state index contributed by atoms with van der Waals surface area (Å²) in [4.78, 5) is 13.9. The van der Waals surface area contributed by atoms with Crippen LogP contribution in [0, 0.1) is 17.2 Å². The van der Waals surface area contributed by atoms with Gasteiger partial charge in [0.15, 0.2) is 5.57 Å². The summed E-state index contributed by atoms with van der Waals surface area (Å²) < 4.78 is 5.19. The van der Waals surface area contributed by atoms with Gasteiger partial charge in [-0.05, 0) is 30.0 Å². The second-order valence-corrected chi connectivity index (χ2v) is 5.80. The van der Waals surface area contributed by atoms with Gasteiger partial charge in [-0.15, -0.1) is 0 Å². The summed E-state index contributed by atoms with van der Waals surface area (Å²) in [5.74, 6) is 0.491. The summed E-state index contributed by atoms with van der Waals surface area (Å²) in [6.45, 7) is 4.38. The first kappa shape index (κ1) is 15.9. The maximum Gasteiger partial charge on any atom is 0.268 e. The smallest absolute Gasteiger partial charge is 0.268 e. The zero-order valence-electron chi connectivity index (χ0n) is 13.0. The van der Waals surface area contributed by atoms with Gasteiger partial charge in [-0.3, -0.25) is 4.79 Å². The van der Waals surface area contributed by atoms with Gasteiger partial charge in [0.25, 0.3) is 5.91 Å². The highest BCUT2D eigenvalue weighted by Gasteiger charge is 2.39. The van der Waals surface area contributed by atoms with Gasteiger partial charge in [-0.1, -0.05) is 26.0 Å². The zero-order valence-corrected chi connectivity index (χ0v) is 13.0. The van der Waals surface area contributed by atoms with Crippen molar-refractivity contribution < 1.29 is 14.6 Å². The number of ether oxygens (including phenoxy) is 1. The predicted molar refractivity (Wildman–Crippen MR) is 82.1 cm³/mol. The number of methoxy groups -OCH3 is 1. The van der Waals surface area contributed by atoms with Crippen molar-refractivity contribution in [2.24, 2.45) is 5.92 Å². The molecule has 116 valence electrons. The Hall–Kier alpha value is -2.48. The number of carbonyl (C=O) groups is 1. The lowest BCUT2D eigenvalue weighted by atomic mass is 10.0. The van der Waals surface area contributed by atoms with Gasteiger partial charge in [-0.25, -0.2) is 0 Å². The largest absolute Gasteiger partial charge is 0.509 e. The quantitative estimate of drug-likeness (QED) is 0.907. The molecule has 0 radical (unpaired) electrons. The summed E-state index contributed by atoms with van der Waals surface area (Å²) in [5, 5.41) is 19.3. The molecule has 0 aliphatic carbocycles. The summed E-state index contributed by atoms with van der Waals surface area (Å²) in [7, 11) is 1.59. The normalized spacial score (nSPS) is 18.0. The second-order valence-electron chi connectivity index (χ2n) is 5.80. The van der Waals surface area contributed by atoms with Crippen molar-refractivity contribution in [1.29, 1.82) is 5.26 Å². The molecule has 1 unspecified atom stereocenters. The Morgan fingerprint density at radius 3 is 2.77 bits per heavy atom. The van der Waals surface area contributed by atoms with E-state index in [0.717, 1.165) is 5.56 Å². The summed E-state index contributed by atoms with van der Waals surface area (Å²) in [6, 6.07) is 8.81. The first-order valence-corrected chi connectivity index (χ1v) is 7.25. The van der Waals surface area contributed by atoms with Crippen LogP contribution in [-0.4, -0.2) is 29.1 Å². The first-order chi connectivity index (χ1) is 10.5. The van der Waals surface area contributed by atoms with Crippen molar-refractivity contribution >= 4 is 5.91 Å². The van der Waals surface area contributed by atoms with E-state index in [1.165, 1.54) is 0 Å². The van der Waals surface area contributed by atoms with Crippen LogP contribution in [0.25, 0.3) is 0 Å². The second kappa shape index (κ2) is 6.52. The number of aliphatic hydroxyl groups excluding tert-OH is 1. The molecule has 1 aromatic carbocycles. The maximum absolute atomic E-state index is 12.4. The number of amides is 1. The molecule has 0 aromatic heterocycles. The Morgan fingerprint density at radius 1 is 1.45 bits per heavy atom. The van der Waals surface area contributed by atoms with Crippen molar-refractivity contribution in [3.05, 3.63) is 41.2 Å². The number of hydrogen-bond acceptors (Lipinski definition) is 4. The average Bonchev–Trinajstić information content (AvgIpc) is 2.71. The van der Waals surface area contributed by atoms with Crippen LogP contribution in [0.4, 0.5) is 0 Å². The Kier molecular flexibility index (Phi) is 4.71. The summed E-state index contributed by atoms with van der Waals surface area (Å²) in [5.41, 5.74) is 0.752. The molecule has 1 amide bonds. The van der Waals surface area contributed by atoms with Crippen LogP contribution >= 0.6 is 0 Å². The van der Waals surface area contributed by atoms with Gasteiger partial charge < -0.3 is 14.7 Å². The molecule has 5 heteroatoms. The molecule has 1 N–H and O–H groups in total. The molecule has 1 heterocycles. The van der Waals surface area contributed by atoms with E-state index in [-0.39, 0.29) is 11.3 Å². The third kappa shape index (κ3) is 3.06. The number of benzene rings is 1. The molecule has 0 saturated carbocycles. The highest BCUT2D eigenvalue weighted by atomic mass is 16.5. The number of rotatable bonds is 5. The molecular formula is C17H20N2O3. The van der Waals surface area contributed by atoms with E-state index in [2.05, 4.69) is 0 Å². The molecule has 5 nitrogen and oxygen atoms in total. The topological polar surface area (TPSA) is 73.6 Å². The molecule has 1 aliphatic heterocycles. The first-order valence-electron chi connectivity index (χ1n) is 7.25. The van der Waals surface area contributed by atoms with Crippen LogP contribution in [0.15, 0.2) is 35.6 Å². The van der Waals surface area contributed by atoms with E-state index in [9.17, 15) is 9.90 Å². The van der Waals surface area contributed by atoms with E-state index in [1.807, 2.05) is 44.2 Å². The van der Waals surface area contributed by atoms with E-state index < -0.39 is 11.9 Å². The molecule has 1 atom stereocenters. The molecule has 22 heavy (non-hydrogen) atoms. The van der Waals surface area contributed by atoms with Crippen LogP contribution in [0.1, 0.15) is 25.8 Å². The Morgan fingerprint density at radius 2 is 2.18 bits per heavy atom. The third-order valence-electron chi connectivity index (χ3n) is 3.72. The van der Waals surface area contributed by atoms with Gasteiger partial charge in [-0.2, -0.15) is 5.26 Å². The molecule has 1 aromatic rings. The van der Waals surface area contributed by atoms with Crippen molar-refractivity contribution in [2.75, 3.05) is 7.11 Å². The highest BCUT2D eigenvalue weighted by molar-refractivity contribution is 6.00. The standard InChI is InChI=1S/C17H20N2O3/c1-11(2)7-15-16(20)14(9-18)17(21)19(15)10-12-5-4-6-13(8-12)22-3/h4-6,8,11,15,20H,7,10H2,1-3H3. The molecule has 0 saturated heterocycles. The van der Waals surface area contributed by atoms with Crippen LogP contribution in [-0.2, 0) is 11.3 Å². The average molecular weight is 300 g/mol. The number of carbonyl (C=O) groups excluding carboxylic acids is 1. The fraction of sp³-hybridized carbons (Fsp3) is 0.412. The fourth-order valence-electron chi connectivity index (χ4n) is 2.65. The van der Waals surface area contributed by atoms with Crippen LogP contribution in [0.5, 0.6) is 5.75 Å². The van der Waals surface area contributed by atoms with E-state index in [4.69, 9.17) is 10.00 Å². The Bertz CT molecular complexity index is 644. The molecular weight excluding hydrogens is 280 g/mol. The third-order valence-corrected chi connectivity index (χ3v) is 3.72. The van der Waals surface area contributed by atoms with Crippen molar-refractivity contribution in [3.8, 4) is 11.8 Å². The summed E-state index contributed by atoms with van der Waals surface area (Å²) >= 11 is 0. The molecule has 1 aliphatic rings. The minimum Gasteiger partial charge on any atom is -0.509 e. The van der Waals surface area contributed by atoms with Gasteiger partial charge in [0.05, 0.1) is 13.2 Å². The lowest BCUT2D eigenvalue weighted by Gasteiger charge is -2.26. The summed E-state index contributed by atoms with van der Waals surface area (Å²) in [6.07, 6.45) is 0.618. The fourth-order valence-corrected chi connectivity index (χ4v) is 2.65. The highest BCUT2D eigenvalue weighted by Crippen LogP contribution is 2.30. The number of nitrogens with zero attached hydrogens (tertiary/aromatic N) is 2. The molecule has 2 rings (SSSR count). The van der Waals surface area contributed by atoms with Gasteiger partial charge >= 0.3 is 0 Å². The molecule has 0 spiro atoms. The van der Waals surface area contributed by atoms with Gasteiger partial charge in [0, 0.05) is 6.54 Å². The lowest BCUT2D eigenvalue weighted by molar-refractivity contribution is -0.127. The predicted octanol–water partition coefficient (Wildman–Crippen LogP) is 2.79. The number of aliphatic hydroxyl groups is 1. The van der Waals surface area contributed by atoms with Crippen LogP contribution in [0.2, 0.25) is 0 Å². The van der Waals surface area contributed by atoms with Crippen LogP contribution in [0.3, 0.4) is 0 Å². The lowest BCUT2D eigenvalue weighted by Crippen LogP contribution is -2.36. The van der Waals surface area contributed by atoms with E-state index >= 15 is 0 Å². The number of hydrogen-bond donors (Lipinski definition) is 1. The van der Waals surface area contributed by atoms with Crippen molar-refractivity contribution in [3.63, 3.8) is 0 Å². The SMILES string of the molecule is COc1cccc(CN2C(=O)C(C#N)=C(O)C2CC(C)C)c1. The monoisotopic (exact) mass is 300 g/mol. The maximum atomic E-state index is 12.4. The van der Waals surface area contributed by atoms with Crippen molar-refractivity contribution in [1.82, 2.24) is 4.90 Å². The Balaban J connectivity index is 2.28. The molecule has 0 fully saturated rings. The minimum atomic E-state index is -0.437.